The number of carbonyl (C=O) groups is 2. The fourth-order valence-corrected chi connectivity index (χ4v) is 5.60. The van der Waals surface area contributed by atoms with E-state index in [0.717, 1.165) is 25.7 Å². The van der Waals surface area contributed by atoms with Gasteiger partial charge in [0, 0.05) is 18.5 Å². The molecule has 39 heavy (non-hydrogen) atoms. The van der Waals surface area contributed by atoms with Crippen LogP contribution >= 0.6 is 11.6 Å². The van der Waals surface area contributed by atoms with Crippen LogP contribution in [-0.4, -0.2) is 94.9 Å². The second-order valence-electron chi connectivity index (χ2n) is 10.7. The first-order valence-electron chi connectivity index (χ1n) is 14.0. The summed E-state index contributed by atoms with van der Waals surface area (Å²) in [6.07, 6.45) is -1.57. The largest absolute Gasteiger partial charge is 0.390 e. The van der Waals surface area contributed by atoms with Crippen LogP contribution in [0.5, 0.6) is 0 Å². The highest BCUT2D eigenvalue weighted by atomic mass is 35.5. The number of unbranched alkanes of at least 4 members (excludes halogenated alkanes) is 1. The van der Waals surface area contributed by atoms with Gasteiger partial charge in [0.1, 0.15) is 18.3 Å². The first kappa shape index (κ1) is 31.7. The van der Waals surface area contributed by atoms with Crippen LogP contribution in [0.3, 0.4) is 0 Å². The van der Waals surface area contributed by atoms with E-state index >= 15 is 0 Å². The zero-order valence-electron chi connectivity index (χ0n) is 22.5. The van der Waals surface area contributed by atoms with E-state index in [1.54, 1.807) is 37.3 Å². The van der Waals surface area contributed by atoms with Gasteiger partial charge in [0.25, 0.3) is 5.91 Å². The Morgan fingerprint density at radius 2 is 1.87 bits per heavy atom. The van der Waals surface area contributed by atoms with Crippen molar-refractivity contribution in [1.82, 2.24) is 16.0 Å². The Balaban J connectivity index is 1.65. The lowest BCUT2D eigenvalue weighted by Gasteiger charge is -2.35. The smallest absolute Gasteiger partial charge is 0.251 e. The zero-order valence-corrected chi connectivity index (χ0v) is 23.2. The number of rotatable bonds is 11. The van der Waals surface area contributed by atoms with Gasteiger partial charge in [0.2, 0.25) is 5.91 Å². The summed E-state index contributed by atoms with van der Waals surface area (Å²) >= 11 is 6.47. The Labute approximate surface area is 234 Å². The minimum absolute atomic E-state index is 0.0199. The molecule has 6 N–H and O–H groups in total. The van der Waals surface area contributed by atoms with E-state index in [-0.39, 0.29) is 31.5 Å². The maximum absolute atomic E-state index is 13.3. The van der Waals surface area contributed by atoms with Crippen LogP contribution in [0.15, 0.2) is 30.3 Å². The molecule has 0 aromatic heterocycles. The van der Waals surface area contributed by atoms with E-state index in [1.165, 1.54) is 0 Å². The molecule has 0 spiro atoms. The van der Waals surface area contributed by atoms with Gasteiger partial charge in [-0.15, -0.1) is 11.6 Å². The second-order valence-corrected chi connectivity index (χ2v) is 11.4. The lowest BCUT2D eigenvalue weighted by molar-refractivity contribution is -0.132. The second kappa shape index (κ2) is 15.8. The molecule has 0 saturated carbocycles. The maximum Gasteiger partial charge on any atom is 0.251 e. The van der Waals surface area contributed by atoms with Crippen molar-refractivity contribution in [2.24, 2.45) is 5.92 Å². The summed E-state index contributed by atoms with van der Waals surface area (Å²) in [4.78, 5) is 25.8. The Bertz CT molecular complexity index is 897. The van der Waals surface area contributed by atoms with E-state index in [0.29, 0.717) is 30.9 Å². The standard InChI is InChI=1S/C28H43ClFN3O6/c1-17(29)23(33-28(38)21-11-10-18(12-14-31-21)7-5-6-13-30)26-25(36)24(35)22(34)15-20(39-26)16-32-27(37)19-8-3-2-4-9-19/h2-4,8-9,17-18,20-26,31,34-36H,5-7,10-16H2,1H3,(H,32,37)(H,33,38)/t17-,18-,20?,21-,22-,23+,24?,25?,26+/m0/s1. The number of alkyl halides is 2. The highest BCUT2D eigenvalue weighted by Crippen LogP contribution is 2.26. The molecule has 0 aliphatic carbocycles. The number of aliphatic hydroxyl groups is 3. The van der Waals surface area contributed by atoms with E-state index < -0.39 is 48.0 Å². The molecule has 9 atom stereocenters. The number of amides is 2. The monoisotopic (exact) mass is 571 g/mol. The summed E-state index contributed by atoms with van der Waals surface area (Å²) in [7, 11) is 0. The topological polar surface area (TPSA) is 140 Å². The first-order valence-corrected chi connectivity index (χ1v) is 14.4. The molecule has 2 saturated heterocycles. The maximum atomic E-state index is 13.3. The molecule has 1 aromatic carbocycles. The SMILES string of the molecule is C[C@H](Cl)[C@@H](NC(=O)[C@@H]1CC[C@H](CCCCF)CCN1)[C@H]1OC(CNC(=O)c2ccccc2)C[C@H](O)C(O)C1O. The summed E-state index contributed by atoms with van der Waals surface area (Å²) in [5, 5.41) is 40.2. The molecule has 2 aliphatic heterocycles. The summed E-state index contributed by atoms with van der Waals surface area (Å²) in [5.74, 6) is -0.186. The number of hydrogen-bond donors (Lipinski definition) is 6. The highest BCUT2D eigenvalue weighted by Gasteiger charge is 2.44. The molecule has 2 heterocycles. The summed E-state index contributed by atoms with van der Waals surface area (Å²) in [6, 6.07) is 7.28. The quantitative estimate of drug-likeness (QED) is 0.175. The van der Waals surface area contributed by atoms with Crippen molar-refractivity contribution < 1.29 is 34.0 Å². The molecule has 11 heteroatoms. The van der Waals surface area contributed by atoms with Crippen molar-refractivity contribution in [3.05, 3.63) is 35.9 Å². The van der Waals surface area contributed by atoms with Crippen LogP contribution in [0, 0.1) is 5.92 Å². The first-order chi connectivity index (χ1) is 18.7. The van der Waals surface area contributed by atoms with Gasteiger partial charge in [-0.1, -0.05) is 31.0 Å². The van der Waals surface area contributed by atoms with E-state index in [9.17, 15) is 29.3 Å². The Morgan fingerprint density at radius 3 is 2.56 bits per heavy atom. The van der Waals surface area contributed by atoms with Gasteiger partial charge in [-0.2, -0.15) is 0 Å². The molecule has 2 fully saturated rings. The van der Waals surface area contributed by atoms with Gasteiger partial charge in [0.15, 0.2) is 0 Å². The normalized spacial score (nSPS) is 31.4. The third kappa shape index (κ3) is 9.37. The van der Waals surface area contributed by atoms with Gasteiger partial charge in [-0.25, -0.2) is 0 Å². The number of carbonyl (C=O) groups excluding carboxylic acids is 2. The predicted octanol–water partition coefficient (Wildman–Crippen LogP) is 1.67. The van der Waals surface area contributed by atoms with Crippen molar-refractivity contribution in [1.29, 1.82) is 0 Å². The van der Waals surface area contributed by atoms with Crippen LogP contribution in [-0.2, 0) is 9.53 Å². The molecule has 0 bridgehead atoms. The fraction of sp³-hybridized carbons (Fsp3) is 0.714. The van der Waals surface area contributed by atoms with Gasteiger partial charge in [-0.05, 0) is 57.2 Å². The molecule has 1 aromatic rings. The Morgan fingerprint density at radius 1 is 1.13 bits per heavy atom. The molecule has 220 valence electrons. The van der Waals surface area contributed by atoms with Crippen molar-refractivity contribution >= 4 is 23.4 Å². The van der Waals surface area contributed by atoms with E-state index in [1.807, 2.05) is 0 Å². The molecule has 3 rings (SSSR count). The lowest BCUT2D eigenvalue weighted by Crippen LogP contribution is -2.59. The van der Waals surface area contributed by atoms with E-state index in [4.69, 9.17) is 16.3 Å². The summed E-state index contributed by atoms with van der Waals surface area (Å²) < 4.78 is 18.6. The average Bonchev–Trinajstić information content (AvgIpc) is 3.23. The van der Waals surface area contributed by atoms with Gasteiger partial charge in [0.05, 0.1) is 36.3 Å². The van der Waals surface area contributed by atoms with E-state index in [2.05, 4.69) is 16.0 Å². The van der Waals surface area contributed by atoms with Crippen LogP contribution in [0.25, 0.3) is 0 Å². The molecule has 2 aliphatic rings. The van der Waals surface area contributed by atoms with Crippen molar-refractivity contribution in [2.75, 3.05) is 19.8 Å². The third-order valence-corrected chi connectivity index (χ3v) is 8.01. The number of benzene rings is 1. The van der Waals surface area contributed by atoms with Crippen LogP contribution in [0.4, 0.5) is 4.39 Å². The number of nitrogens with one attached hydrogen (secondary N) is 3. The molecular weight excluding hydrogens is 529 g/mol. The van der Waals surface area contributed by atoms with Gasteiger partial charge < -0.3 is 36.0 Å². The predicted molar refractivity (Wildman–Crippen MR) is 146 cm³/mol. The number of aliphatic hydroxyl groups excluding tert-OH is 3. The Hall–Kier alpha value is -1.82. The molecule has 0 radical (unpaired) electrons. The summed E-state index contributed by atoms with van der Waals surface area (Å²) in [6.45, 7) is 2.03. The number of ether oxygens (including phenoxy) is 1. The third-order valence-electron chi connectivity index (χ3n) is 7.74. The number of hydrogen-bond acceptors (Lipinski definition) is 7. The molecule has 9 nitrogen and oxygen atoms in total. The minimum Gasteiger partial charge on any atom is -0.390 e. The van der Waals surface area contributed by atoms with Crippen molar-refractivity contribution in [3.63, 3.8) is 0 Å². The summed E-state index contributed by atoms with van der Waals surface area (Å²) in [5.41, 5.74) is 0.461. The zero-order chi connectivity index (χ0) is 28.4. The van der Waals surface area contributed by atoms with Gasteiger partial charge >= 0.3 is 0 Å². The van der Waals surface area contributed by atoms with Crippen molar-refractivity contribution in [2.45, 2.75) is 99.9 Å². The molecular formula is C28H43ClFN3O6. The van der Waals surface area contributed by atoms with Crippen molar-refractivity contribution in [3.8, 4) is 0 Å². The van der Waals surface area contributed by atoms with Crippen LogP contribution in [0.1, 0.15) is 62.2 Å². The van der Waals surface area contributed by atoms with Gasteiger partial charge in [-0.3, -0.25) is 14.0 Å². The Kier molecular flexibility index (Phi) is 12.9. The van der Waals surface area contributed by atoms with Crippen LogP contribution < -0.4 is 16.0 Å². The fourth-order valence-electron chi connectivity index (χ4n) is 5.39. The minimum atomic E-state index is -1.53. The molecule has 3 unspecified atom stereocenters. The van der Waals surface area contributed by atoms with Crippen LogP contribution in [0.2, 0.25) is 0 Å². The number of halogens is 2. The molecule has 2 amide bonds. The average molecular weight is 572 g/mol. The highest BCUT2D eigenvalue weighted by molar-refractivity contribution is 6.21. The lowest BCUT2D eigenvalue weighted by atomic mass is 9.93.